The van der Waals surface area contributed by atoms with Crippen molar-refractivity contribution in [2.45, 2.75) is 44.9 Å². The first-order chi connectivity index (χ1) is 14.9. The largest absolute Gasteiger partial charge is 0.367 e. The lowest BCUT2D eigenvalue weighted by molar-refractivity contribution is -0.206. The molecule has 2 heterocycles. The van der Waals surface area contributed by atoms with Crippen LogP contribution in [0.4, 0.5) is 6.01 Å². The molecule has 1 fully saturated rings. The van der Waals surface area contributed by atoms with Crippen molar-refractivity contribution in [3.63, 3.8) is 0 Å². The molecule has 176 valence electrons. The zero-order chi connectivity index (χ0) is 23.5. The third kappa shape index (κ3) is 6.29. The van der Waals surface area contributed by atoms with Gasteiger partial charge in [0.15, 0.2) is 9.84 Å². The minimum atomic E-state index is -3.24. The summed E-state index contributed by atoms with van der Waals surface area (Å²) in [7, 11) is -1.34. The van der Waals surface area contributed by atoms with E-state index in [1.807, 2.05) is 32.7 Å². The quantitative estimate of drug-likeness (QED) is 0.611. The van der Waals surface area contributed by atoms with Gasteiger partial charge in [0.25, 0.3) is 0 Å². The maximum absolute atomic E-state index is 12.0. The van der Waals surface area contributed by atoms with Crippen LogP contribution in [-0.2, 0) is 19.5 Å². The van der Waals surface area contributed by atoms with Crippen molar-refractivity contribution in [3.05, 3.63) is 24.3 Å². The molecule has 0 saturated carbocycles. The van der Waals surface area contributed by atoms with Gasteiger partial charge in [-0.2, -0.15) is 4.98 Å². The van der Waals surface area contributed by atoms with E-state index in [2.05, 4.69) is 10.1 Å². The number of benzene rings is 1. The molecule has 2 aromatic rings. The Hall–Kier alpha value is -2.46. The molecule has 0 spiro atoms. The van der Waals surface area contributed by atoms with Gasteiger partial charge in [-0.1, -0.05) is 5.16 Å². The van der Waals surface area contributed by atoms with Crippen LogP contribution in [0.5, 0.6) is 0 Å². The molecule has 0 atom stereocenters. The fourth-order valence-electron chi connectivity index (χ4n) is 3.35. The molecule has 1 aromatic carbocycles. The highest BCUT2D eigenvalue weighted by molar-refractivity contribution is 7.90. The van der Waals surface area contributed by atoms with Gasteiger partial charge in [-0.25, -0.2) is 13.2 Å². The number of nitrogens with zero attached hydrogens (tertiary/aromatic N) is 4. The highest BCUT2D eigenvalue weighted by Crippen LogP contribution is 2.25. The molecule has 0 aliphatic carbocycles. The molecule has 0 radical (unpaired) electrons. The zero-order valence-electron chi connectivity index (χ0n) is 19.4. The monoisotopic (exact) mass is 464 g/mol. The molecule has 0 N–H and O–H groups in total. The zero-order valence-corrected chi connectivity index (χ0v) is 20.2. The van der Waals surface area contributed by atoms with Gasteiger partial charge in [-0.05, 0) is 70.2 Å². The van der Waals surface area contributed by atoms with E-state index >= 15 is 0 Å². The van der Waals surface area contributed by atoms with Crippen molar-refractivity contribution in [1.82, 2.24) is 15.2 Å². The van der Waals surface area contributed by atoms with Gasteiger partial charge in [0.2, 0.25) is 5.82 Å². The molecule has 10 heteroatoms. The topological polar surface area (TPSA) is 106 Å². The highest BCUT2D eigenvalue weighted by atomic mass is 32.2. The van der Waals surface area contributed by atoms with Crippen LogP contribution in [0.3, 0.4) is 0 Å². The highest BCUT2D eigenvalue weighted by Gasteiger charge is 2.28. The van der Waals surface area contributed by atoms with Crippen LogP contribution in [0.2, 0.25) is 0 Å². The smallest absolute Gasteiger partial charge is 0.330 e. The van der Waals surface area contributed by atoms with E-state index in [0.29, 0.717) is 23.3 Å². The number of carbonyl (C=O) groups excluding carboxylic acids is 1. The first-order valence-corrected chi connectivity index (χ1v) is 12.7. The number of hydrogen-bond donors (Lipinski definition) is 0. The second-order valence-corrected chi connectivity index (χ2v) is 11.4. The average molecular weight is 465 g/mol. The van der Waals surface area contributed by atoms with Crippen molar-refractivity contribution < 1.29 is 22.6 Å². The van der Waals surface area contributed by atoms with Crippen LogP contribution in [0.15, 0.2) is 33.7 Å². The van der Waals surface area contributed by atoms with Gasteiger partial charge in [-0.15, -0.1) is 5.06 Å². The van der Waals surface area contributed by atoms with E-state index in [1.54, 1.807) is 17.2 Å². The molecule has 0 bridgehead atoms. The summed E-state index contributed by atoms with van der Waals surface area (Å²) in [5.41, 5.74) is 0.191. The van der Waals surface area contributed by atoms with E-state index in [1.165, 1.54) is 18.4 Å². The minimum Gasteiger partial charge on any atom is -0.367 e. The number of piperidine rings is 1. The van der Waals surface area contributed by atoms with Crippen LogP contribution in [0.1, 0.15) is 40.0 Å². The Bertz CT molecular complexity index is 1020. The Morgan fingerprint density at radius 2 is 1.84 bits per heavy atom. The lowest BCUT2D eigenvalue weighted by Crippen LogP contribution is -2.39. The summed E-state index contributed by atoms with van der Waals surface area (Å²) in [6.45, 7) is 7.80. The third-order valence-electron chi connectivity index (χ3n) is 5.55. The fraction of sp³-hybridized carbons (Fsp3) is 0.591. The number of rotatable bonds is 7. The number of sulfone groups is 1. The van der Waals surface area contributed by atoms with Crippen molar-refractivity contribution in [2.24, 2.45) is 11.3 Å². The lowest BCUT2D eigenvalue weighted by atomic mass is 9.94. The van der Waals surface area contributed by atoms with E-state index in [0.717, 1.165) is 38.9 Å². The van der Waals surface area contributed by atoms with Crippen LogP contribution in [0.25, 0.3) is 11.4 Å². The van der Waals surface area contributed by atoms with E-state index in [-0.39, 0.29) is 10.9 Å². The van der Waals surface area contributed by atoms with Gasteiger partial charge in [0.1, 0.15) is 0 Å². The van der Waals surface area contributed by atoms with Crippen LogP contribution in [-0.4, -0.2) is 62.5 Å². The summed E-state index contributed by atoms with van der Waals surface area (Å²) in [5, 5.41) is 5.79. The summed E-state index contributed by atoms with van der Waals surface area (Å²) in [4.78, 5) is 24.1. The first-order valence-electron chi connectivity index (χ1n) is 10.8. The summed E-state index contributed by atoms with van der Waals surface area (Å²) in [5.74, 6) is 0.752. The average Bonchev–Trinajstić information content (AvgIpc) is 3.22. The SMILES string of the molecule is CN(CCC1CCN(OC(=O)C(C)(C)C)CC1)c1nc(-c2ccc(S(C)(=O)=O)cc2)no1. The van der Waals surface area contributed by atoms with Crippen molar-refractivity contribution in [2.75, 3.05) is 37.8 Å². The predicted octanol–water partition coefficient (Wildman–Crippen LogP) is 3.18. The van der Waals surface area contributed by atoms with Gasteiger partial charge in [0.05, 0.1) is 10.3 Å². The van der Waals surface area contributed by atoms with Crippen molar-refractivity contribution in [1.29, 1.82) is 0 Å². The molecule has 32 heavy (non-hydrogen) atoms. The summed E-state index contributed by atoms with van der Waals surface area (Å²) >= 11 is 0. The van der Waals surface area contributed by atoms with Crippen molar-refractivity contribution >= 4 is 21.8 Å². The second kappa shape index (κ2) is 9.58. The number of anilines is 1. The molecule has 1 aliphatic rings. The summed E-state index contributed by atoms with van der Waals surface area (Å²) in [6, 6.07) is 6.84. The number of hydrogen-bond acceptors (Lipinski definition) is 9. The third-order valence-corrected chi connectivity index (χ3v) is 6.68. The Morgan fingerprint density at radius 3 is 2.41 bits per heavy atom. The normalized spacial score (nSPS) is 16.2. The first kappa shape index (κ1) is 24.2. The molecule has 9 nitrogen and oxygen atoms in total. The van der Waals surface area contributed by atoms with Gasteiger partial charge in [0, 0.05) is 38.5 Å². The van der Waals surface area contributed by atoms with Gasteiger partial charge >= 0.3 is 12.0 Å². The molecular weight excluding hydrogens is 432 g/mol. The maximum Gasteiger partial charge on any atom is 0.330 e. The fourth-order valence-corrected chi connectivity index (χ4v) is 3.98. The molecule has 0 unspecified atom stereocenters. The second-order valence-electron chi connectivity index (χ2n) is 9.41. The van der Waals surface area contributed by atoms with Gasteiger partial charge in [-0.3, -0.25) is 0 Å². The Balaban J connectivity index is 1.48. The lowest BCUT2D eigenvalue weighted by Gasteiger charge is -2.32. The van der Waals surface area contributed by atoms with Crippen LogP contribution >= 0.6 is 0 Å². The Labute approximate surface area is 189 Å². The van der Waals surface area contributed by atoms with Gasteiger partial charge < -0.3 is 14.3 Å². The number of hydroxylamine groups is 2. The van der Waals surface area contributed by atoms with Crippen LogP contribution in [0, 0.1) is 11.3 Å². The van der Waals surface area contributed by atoms with Crippen molar-refractivity contribution in [3.8, 4) is 11.4 Å². The number of carbonyl (C=O) groups is 1. The molecule has 1 saturated heterocycles. The molecule has 1 aliphatic heterocycles. The summed E-state index contributed by atoms with van der Waals surface area (Å²) in [6.07, 6.45) is 4.07. The molecular formula is C22H32N4O5S. The number of aromatic nitrogens is 2. The van der Waals surface area contributed by atoms with E-state index in [9.17, 15) is 13.2 Å². The van der Waals surface area contributed by atoms with E-state index < -0.39 is 15.3 Å². The predicted molar refractivity (Wildman–Crippen MR) is 121 cm³/mol. The molecule has 1 aromatic heterocycles. The maximum atomic E-state index is 12.0. The minimum absolute atomic E-state index is 0.200. The standard InChI is InChI=1S/C22H32N4O5S/c1-22(2,3)20(27)31-26-14-11-16(12-15-26)10-13-25(4)21-23-19(24-30-21)17-6-8-18(9-7-17)32(5,28)29/h6-9,16H,10-15H2,1-5H3. The Morgan fingerprint density at radius 1 is 1.22 bits per heavy atom. The molecule has 0 amide bonds. The van der Waals surface area contributed by atoms with Crippen LogP contribution < -0.4 is 4.90 Å². The summed E-state index contributed by atoms with van der Waals surface area (Å²) < 4.78 is 28.6. The Kier molecular flexibility index (Phi) is 7.24. The molecule has 3 rings (SSSR count). The van der Waals surface area contributed by atoms with E-state index in [4.69, 9.17) is 9.36 Å².